The van der Waals surface area contributed by atoms with Gasteiger partial charge < -0.3 is 5.32 Å². The van der Waals surface area contributed by atoms with Gasteiger partial charge in [0.25, 0.3) is 5.69 Å². The highest BCUT2D eigenvalue weighted by atomic mass is 35.5. The fraction of sp³-hybridized carbons (Fsp3) is 0.600. The SMILES string of the molecule is CCC1C2CNCC2CN1Cc1ccc([N+](=O)[O-])cc1Cl. The van der Waals surface area contributed by atoms with Crippen molar-refractivity contribution in [3.8, 4) is 0 Å². The lowest BCUT2D eigenvalue weighted by atomic mass is 9.93. The van der Waals surface area contributed by atoms with E-state index in [9.17, 15) is 10.1 Å². The van der Waals surface area contributed by atoms with Crippen LogP contribution in [0.3, 0.4) is 0 Å². The lowest BCUT2D eigenvalue weighted by Crippen LogP contribution is -2.34. The Hall–Kier alpha value is -1.17. The van der Waals surface area contributed by atoms with Gasteiger partial charge in [0.05, 0.1) is 9.95 Å². The Morgan fingerprint density at radius 1 is 1.48 bits per heavy atom. The lowest BCUT2D eigenvalue weighted by Gasteiger charge is -2.27. The first-order valence-electron chi connectivity index (χ1n) is 7.47. The van der Waals surface area contributed by atoms with Gasteiger partial charge in [-0.1, -0.05) is 18.5 Å². The molecule has 1 N–H and O–H groups in total. The number of nitrogens with zero attached hydrogens (tertiary/aromatic N) is 2. The molecule has 5 nitrogen and oxygen atoms in total. The molecular weight excluding hydrogens is 290 g/mol. The molecule has 21 heavy (non-hydrogen) atoms. The maximum atomic E-state index is 10.8. The third-order valence-corrected chi connectivity index (χ3v) is 5.22. The maximum absolute atomic E-state index is 10.8. The number of halogens is 1. The summed E-state index contributed by atoms with van der Waals surface area (Å²) in [5.41, 5.74) is 1.03. The van der Waals surface area contributed by atoms with E-state index in [4.69, 9.17) is 11.6 Å². The van der Waals surface area contributed by atoms with Gasteiger partial charge in [0.2, 0.25) is 0 Å². The van der Waals surface area contributed by atoms with Crippen molar-refractivity contribution in [1.29, 1.82) is 0 Å². The van der Waals surface area contributed by atoms with Gasteiger partial charge in [-0.2, -0.15) is 0 Å². The van der Waals surface area contributed by atoms with Crippen molar-refractivity contribution in [2.24, 2.45) is 11.8 Å². The predicted molar refractivity (Wildman–Crippen MR) is 82.4 cm³/mol. The molecule has 0 aliphatic carbocycles. The summed E-state index contributed by atoms with van der Waals surface area (Å²) in [6.45, 7) is 6.31. The van der Waals surface area contributed by atoms with Crippen LogP contribution in [0.4, 0.5) is 5.69 Å². The van der Waals surface area contributed by atoms with Crippen LogP contribution in [0.15, 0.2) is 18.2 Å². The van der Waals surface area contributed by atoms with Crippen LogP contribution in [0.5, 0.6) is 0 Å². The largest absolute Gasteiger partial charge is 0.316 e. The molecule has 1 aromatic carbocycles. The Balaban J connectivity index is 1.76. The third kappa shape index (κ3) is 2.78. The number of rotatable bonds is 4. The van der Waals surface area contributed by atoms with Gasteiger partial charge in [-0.3, -0.25) is 15.0 Å². The number of non-ortho nitro benzene ring substituents is 1. The number of hydrogen-bond acceptors (Lipinski definition) is 4. The second-order valence-electron chi connectivity index (χ2n) is 6.02. The highest BCUT2D eigenvalue weighted by Crippen LogP contribution is 2.36. The molecule has 2 aliphatic rings. The molecule has 0 radical (unpaired) electrons. The van der Waals surface area contributed by atoms with Gasteiger partial charge in [0, 0.05) is 31.3 Å². The van der Waals surface area contributed by atoms with Crippen LogP contribution in [0.25, 0.3) is 0 Å². The zero-order valence-corrected chi connectivity index (χ0v) is 12.8. The normalized spacial score (nSPS) is 28.8. The summed E-state index contributed by atoms with van der Waals surface area (Å²) < 4.78 is 0. The maximum Gasteiger partial charge on any atom is 0.270 e. The van der Waals surface area contributed by atoms with Crippen LogP contribution in [0.2, 0.25) is 5.02 Å². The van der Waals surface area contributed by atoms with Crippen molar-refractivity contribution >= 4 is 17.3 Å². The zero-order chi connectivity index (χ0) is 15.0. The molecule has 0 spiro atoms. The number of nitro groups is 1. The topological polar surface area (TPSA) is 58.4 Å². The van der Waals surface area contributed by atoms with E-state index in [1.807, 2.05) is 0 Å². The Morgan fingerprint density at radius 3 is 2.95 bits per heavy atom. The average Bonchev–Trinajstić information content (AvgIpc) is 3.00. The van der Waals surface area contributed by atoms with Crippen LogP contribution in [-0.2, 0) is 6.54 Å². The average molecular weight is 310 g/mol. The molecule has 2 aliphatic heterocycles. The molecule has 0 aromatic heterocycles. The molecule has 6 heteroatoms. The van der Waals surface area contributed by atoms with E-state index in [0.717, 1.165) is 50.0 Å². The minimum absolute atomic E-state index is 0.0540. The van der Waals surface area contributed by atoms with Crippen LogP contribution >= 0.6 is 11.6 Å². The molecule has 2 saturated heterocycles. The molecule has 1 aromatic rings. The molecule has 3 atom stereocenters. The van der Waals surface area contributed by atoms with Crippen LogP contribution in [0.1, 0.15) is 18.9 Å². The third-order valence-electron chi connectivity index (χ3n) is 4.86. The number of fused-ring (bicyclic) bond motifs is 1. The highest BCUT2D eigenvalue weighted by molar-refractivity contribution is 6.31. The molecule has 3 rings (SSSR count). The van der Waals surface area contributed by atoms with E-state index in [1.54, 1.807) is 12.1 Å². The summed E-state index contributed by atoms with van der Waals surface area (Å²) in [6.07, 6.45) is 1.13. The zero-order valence-electron chi connectivity index (χ0n) is 12.1. The second-order valence-corrected chi connectivity index (χ2v) is 6.43. The Bertz CT molecular complexity index is 552. The van der Waals surface area contributed by atoms with E-state index in [0.29, 0.717) is 11.1 Å². The summed E-state index contributed by atoms with van der Waals surface area (Å²) in [7, 11) is 0. The number of hydrogen-bond donors (Lipinski definition) is 1. The van der Waals surface area contributed by atoms with E-state index in [1.165, 1.54) is 6.07 Å². The van der Waals surface area contributed by atoms with E-state index in [2.05, 4.69) is 17.1 Å². The monoisotopic (exact) mass is 309 g/mol. The minimum Gasteiger partial charge on any atom is -0.316 e. The Labute approximate surface area is 129 Å². The quantitative estimate of drug-likeness (QED) is 0.686. The summed E-state index contributed by atoms with van der Waals surface area (Å²) in [6, 6.07) is 5.37. The first kappa shape index (κ1) is 14.8. The summed E-state index contributed by atoms with van der Waals surface area (Å²) in [5.74, 6) is 1.46. The lowest BCUT2D eigenvalue weighted by molar-refractivity contribution is -0.384. The van der Waals surface area contributed by atoms with Crippen molar-refractivity contribution in [1.82, 2.24) is 10.2 Å². The molecule has 114 valence electrons. The fourth-order valence-corrected chi connectivity index (χ4v) is 4.09. The van der Waals surface area contributed by atoms with E-state index in [-0.39, 0.29) is 5.69 Å². The molecular formula is C15H20ClN3O2. The van der Waals surface area contributed by atoms with Crippen molar-refractivity contribution in [3.05, 3.63) is 38.9 Å². The van der Waals surface area contributed by atoms with Gasteiger partial charge in [0.1, 0.15) is 0 Å². The minimum atomic E-state index is -0.406. The summed E-state index contributed by atoms with van der Waals surface area (Å²) in [5, 5.41) is 14.7. The van der Waals surface area contributed by atoms with E-state index < -0.39 is 4.92 Å². The van der Waals surface area contributed by atoms with Crippen LogP contribution in [-0.4, -0.2) is 35.5 Å². The van der Waals surface area contributed by atoms with Crippen molar-refractivity contribution in [2.45, 2.75) is 25.9 Å². The number of nitro benzene ring substituents is 1. The number of benzene rings is 1. The van der Waals surface area contributed by atoms with Gasteiger partial charge >= 0.3 is 0 Å². The molecule has 3 unspecified atom stereocenters. The van der Waals surface area contributed by atoms with Gasteiger partial charge in [-0.25, -0.2) is 0 Å². The van der Waals surface area contributed by atoms with Gasteiger partial charge in [0.15, 0.2) is 0 Å². The second kappa shape index (κ2) is 5.91. The number of likely N-dealkylation sites (tertiary alicyclic amines) is 1. The van der Waals surface area contributed by atoms with Crippen molar-refractivity contribution < 1.29 is 4.92 Å². The Morgan fingerprint density at radius 2 is 2.29 bits per heavy atom. The number of nitrogens with one attached hydrogen (secondary N) is 1. The van der Waals surface area contributed by atoms with E-state index >= 15 is 0 Å². The van der Waals surface area contributed by atoms with Crippen LogP contribution in [0, 0.1) is 22.0 Å². The van der Waals surface area contributed by atoms with Gasteiger partial charge in [-0.15, -0.1) is 0 Å². The smallest absolute Gasteiger partial charge is 0.270 e. The molecule has 0 bridgehead atoms. The summed E-state index contributed by atoms with van der Waals surface area (Å²) in [4.78, 5) is 12.9. The summed E-state index contributed by atoms with van der Waals surface area (Å²) >= 11 is 6.22. The molecule has 2 heterocycles. The molecule has 0 amide bonds. The molecule has 0 saturated carbocycles. The first-order chi connectivity index (χ1) is 10.1. The Kier molecular flexibility index (Phi) is 4.15. The predicted octanol–water partition coefficient (Wildman–Crippen LogP) is 2.68. The standard InChI is InChI=1S/C15H20ClN3O2/c1-2-15-13-7-17-6-11(13)9-18(15)8-10-3-4-12(19(20)21)5-14(10)16/h3-5,11,13,15,17H,2,6-9H2,1H3. The van der Waals surface area contributed by atoms with Crippen molar-refractivity contribution in [3.63, 3.8) is 0 Å². The van der Waals surface area contributed by atoms with Gasteiger partial charge in [-0.05, 0) is 43.0 Å². The molecule has 2 fully saturated rings. The fourth-order valence-electron chi connectivity index (χ4n) is 3.85. The van der Waals surface area contributed by atoms with Crippen LogP contribution < -0.4 is 5.32 Å². The highest BCUT2D eigenvalue weighted by Gasteiger charge is 2.42. The van der Waals surface area contributed by atoms with Crippen molar-refractivity contribution in [2.75, 3.05) is 19.6 Å². The first-order valence-corrected chi connectivity index (χ1v) is 7.85.